The van der Waals surface area contributed by atoms with E-state index in [0.29, 0.717) is 0 Å². The van der Waals surface area contributed by atoms with Gasteiger partial charge in [0.25, 0.3) is 5.91 Å². The Kier molecular flexibility index (Phi) is 4.73. The molecular weight excluding hydrogens is 383 g/mol. The van der Waals surface area contributed by atoms with E-state index in [0.717, 1.165) is 41.6 Å². The molecule has 3 aromatic rings. The van der Waals surface area contributed by atoms with E-state index in [-0.39, 0.29) is 23.2 Å². The minimum Gasteiger partial charge on any atom is -0.382 e. The summed E-state index contributed by atoms with van der Waals surface area (Å²) in [4.78, 5) is 12.7. The summed E-state index contributed by atoms with van der Waals surface area (Å²) >= 11 is 0. The Morgan fingerprint density at radius 3 is 2.76 bits per heavy atom. The van der Waals surface area contributed by atoms with Gasteiger partial charge in [-0.2, -0.15) is 17.9 Å². The van der Waals surface area contributed by atoms with Crippen LogP contribution in [0.25, 0.3) is 5.69 Å². The Balaban J connectivity index is 1.59. The lowest BCUT2D eigenvalue weighted by molar-refractivity contribution is -0.137. The number of aromatic nitrogens is 3. The number of nitrogen functional groups attached to an aromatic ring is 1. The van der Waals surface area contributed by atoms with Crippen LogP contribution >= 0.6 is 0 Å². The average molecular weight is 401 g/mol. The maximum atomic E-state index is 13.0. The molecule has 0 saturated carbocycles. The Bertz CT molecular complexity index is 1060. The van der Waals surface area contributed by atoms with E-state index in [4.69, 9.17) is 5.73 Å². The van der Waals surface area contributed by atoms with Crippen LogP contribution in [0.1, 0.15) is 46.1 Å². The van der Waals surface area contributed by atoms with Gasteiger partial charge in [-0.1, -0.05) is 35.5 Å². The Morgan fingerprint density at radius 1 is 1.17 bits per heavy atom. The summed E-state index contributed by atoms with van der Waals surface area (Å²) in [6.45, 7) is 0. The molecule has 1 unspecified atom stereocenters. The van der Waals surface area contributed by atoms with Crippen molar-refractivity contribution in [3.63, 3.8) is 0 Å². The fourth-order valence-electron chi connectivity index (χ4n) is 3.59. The van der Waals surface area contributed by atoms with Crippen molar-refractivity contribution in [2.45, 2.75) is 31.5 Å². The van der Waals surface area contributed by atoms with Crippen LogP contribution < -0.4 is 11.1 Å². The Hall–Kier alpha value is -3.36. The second-order valence-electron chi connectivity index (χ2n) is 6.90. The van der Waals surface area contributed by atoms with Crippen LogP contribution in [-0.2, 0) is 12.6 Å². The Morgan fingerprint density at radius 2 is 1.97 bits per heavy atom. The van der Waals surface area contributed by atoms with Gasteiger partial charge in [-0.3, -0.25) is 4.79 Å². The smallest absolute Gasteiger partial charge is 0.382 e. The minimum absolute atomic E-state index is 0.0758. The standard InChI is InChI=1S/C20H18F3N5O/c21-20(22,23)13-7-4-8-14(11-13)28-18(24)17(26-27-28)19(29)25-16-10-3-6-12-5-1-2-9-15(12)16/h1-2,4-5,7-9,11,16H,3,6,10,24H2,(H,25,29). The van der Waals surface area contributed by atoms with Crippen molar-refractivity contribution in [3.05, 3.63) is 70.9 Å². The molecule has 6 nitrogen and oxygen atoms in total. The van der Waals surface area contributed by atoms with Crippen LogP contribution in [0.2, 0.25) is 0 Å². The maximum absolute atomic E-state index is 13.0. The molecule has 2 aromatic carbocycles. The van der Waals surface area contributed by atoms with Gasteiger partial charge in [0.05, 0.1) is 17.3 Å². The van der Waals surface area contributed by atoms with Crippen LogP contribution in [0.15, 0.2) is 48.5 Å². The van der Waals surface area contributed by atoms with Crippen molar-refractivity contribution < 1.29 is 18.0 Å². The van der Waals surface area contributed by atoms with Gasteiger partial charge in [-0.25, -0.2) is 0 Å². The van der Waals surface area contributed by atoms with Crippen molar-refractivity contribution in [2.75, 3.05) is 5.73 Å². The van der Waals surface area contributed by atoms with Crippen molar-refractivity contribution in [1.82, 2.24) is 20.3 Å². The molecule has 9 heteroatoms. The summed E-state index contributed by atoms with van der Waals surface area (Å²) in [6.07, 6.45) is -1.82. The summed E-state index contributed by atoms with van der Waals surface area (Å²) in [7, 11) is 0. The predicted molar refractivity (Wildman–Crippen MR) is 100 cm³/mol. The first kappa shape index (κ1) is 19.0. The van der Waals surface area contributed by atoms with Gasteiger partial charge in [-0.15, -0.1) is 5.10 Å². The fraction of sp³-hybridized carbons (Fsp3) is 0.250. The van der Waals surface area contributed by atoms with Crippen molar-refractivity contribution in [2.24, 2.45) is 0 Å². The molecule has 1 aliphatic carbocycles. The predicted octanol–water partition coefficient (Wildman–Crippen LogP) is 3.68. The molecule has 4 rings (SSSR count). The number of nitrogens with two attached hydrogens (primary N) is 1. The van der Waals surface area contributed by atoms with Crippen LogP contribution in [0, 0.1) is 0 Å². The number of hydrogen-bond donors (Lipinski definition) is 2. The monoisotopic (exact) mass is 401 g/mol. The van der Waals surface area contributed by atoms with Crippen LogP contribution in [0.5, 0.6) is 0 Å². The van der Waals surface area contributed by atoms with E-state index in [2.05, 4.69) is 15.6 Å². The highest BCUT2D eigenvalue weighted by molar-refractivity contribution is 5.96. The topological polar surface area (TPSA) is 85.8 Å². The summed E-state index contributed by atoms with van der Waals surface area (Å²) < 4.78 is 39.9. The van der Waals surface area contributed by atoms with E-state index >= 15 is 0 Å². The highest BCUT2D eigenvalue weighted by Crippen LogP contribution is 2.31. The van der Waals surface area contributed by atoms with Crippen LogP contribution in [0.3, 0.4) is 0 Å². The number of fused-ring (bicyclic) bond motifs is 1. The number of rotatable bonds is 3. The van der Waals surface area contributed by atoms with E-state index in [1.807, 2.05) is 24.3 Å². The van der Waals surface area contributed by atoms with Crippen LogP contribution in [-0.4, -0.2) is 20.9 Å². The molecule has 1 atom stereocenters. The third kappa shape index (κ3) is 3.67. The molecule has 1 aliphatic rings. The van der Waals surface area contributed by atoms with Gasteiger partial charge in [0.2, 0.25) is 0 Å². The van der Waals surface area contributed by atoms with E-state index in [1.54, 1.807) is 0 Å². The van der Waals surface area contributed by atoms with Gasteiger partial charge < -0.3 is 11.1 Å². The largest absolute Gasteiger partial charge is 0.416 e. The first-order valence-electron chi connectivity index (χ1n) is 9.12. The number of alkyl halides is 3. The lowest BCUT2D eigenvalue weighted by Crippen LogP contribution is -2.31. The third-order valence-corrected chi connectivity index (χ3v) is 5.01. The first-order valence-corrected chi connectivity index (χ1v) is 9.12. The Labute approximate surface area is 164 Å². The normalized spacial score (nSPS) is 16.3. The second kappa shape index (κ2) is 7.23. The molecule has 3 N–H and O–H groups in total. The molecule has 0 fully saturated rings. The second-order valence-corrected chi connectivity index (χ2v) is 6.90. The van der Waals surface area contributed by atoms with Gasteiger partial charge in [0.1, 0.15) is 0 Å². The lowest BCUT2D eigenvalue weighted by atomic mass is 9.87. The minimum atomic E-state index is -4.50. The SMILES string of the molecule is Nc1c(C(=O)NC2CCCc3ccccc32)nnn1-c1cccc(C(F)(F)F)c1. The fourth-order valence-corrected chi connectivity index (χ4v) is 3.59. The molecule has 0 spiro atoms. The third-order valence-electron chi connectivity index (χ3n) is 5.01. The summed E-state index contributed by atoms with van der Waals surface area (Å²) in [5.41, 5.74) is 7.35. The number of aryl methyl sites for hydroxylation is 1. The molecule has 0 bridgehead atoms. The van der Waals surface area contributed by atoms with Gasteiger partial charge in [0, 0.05) is 0 Å². The van der Waals surface area contributed by atoms with Gasteiger partial charge in [-0.05, 0) is 48.6 Å². The number of carbonyl (C=O) groups excluding carboxylic acids is 1. The molecule has 1 aromatic heterocycles. The first-order chi connectivity index (χ1) is 13.8. The van der Waals surface area contributed by atoms with Crippen molar-refractivity contribution in [1.29, 1.82) is 0 Å². The molecule has 1 heterocycles. The number of hydrogen-bond acceptors (Lipinski definition) is 4. The molecule has 0 aliphatic heterocycles. The summed E-state index contributed by atoms with van der Waals surface area (Å²) in [6, 6.07) is 12.2. The number of carbonyl (C=O) groups is 1. The number of anilines is 1. The number of halogens is 3. The summed E-state index contributed by atoms with van der Waals surface area (Å²) in [5.74, 6) is -0.631. The highest BCUT2D eigenvalue weighted by atomic mass is 19.4. The number of nitrogens with zero attached hydrogens (tertiary/aromatic N) is 3. The zero-order valence-electron chi connectivity index (χ0n) is 15.3. The van der Waals surface area contributed by atoms with Gasteiger partial charge in [0.15, 0.2) is 11.5 Å². The lowest BCUT2D eigenvalue weighted by Gasteiger charge is -2.26. The van der Waals surface area contributed by atoms with Crippen molar-refractivity contribution in [3.8, 4) is 5.69 Å². The average Bonchev–Trinajstić information content (AvgIpc) is 3.09. The quantitative estimate of drug-likeness (QED) is 0.701. The van der Waals surface area contributed by atoms with E-state index < -0.39 is 17.6 Å². The molecule has 0 saturated heterocycles. The molecular formula is C20H18F3N5O. The van der Waals surface area contributed by atoms with Crippen LogP contribution in [0.4, 0.5) is 19.0 Å². The highest BCUT2D eigenvalue weighted by Gasteiger charge is 2.31. The van der Waals surface area contributed by atoms with E-state index in [9.17, 15) is 18.0 Å². The number of nitrogens with one attached hydrogen (secondary N) is 1. The molecule has 0 radical (unpaired) electrons. The summed E-state index contributed by atoms with van der Waals surface area (Å²) in [5, 5.41) is 10.5. The number of amides is 1. The van der Waals surface area contributed by atoms with Gasteiger partial charge >= 0.3 is 6.18 Å². The number of benzene rings is 2. The molecule has 150 valence electrons. The zero-order chi connectivity index (χ0) is 20.6. The van der Waals surface area contributed by atoms with Crippen molar-refractivity contribution >= 4 is 11.7 Å². The molecule has 1 amide bonds. The van der Waals surface area contributed by atoms with E-state index in [1.165, 1.54) is 17.7 Å². The molecule has 29 heavy (non-hydrogen) atoms. The zero-order valence-corrected chi connectivity index (χ0v) is 15.3. The maximum Gasteiger partial charge on any atom is 0.416 e.